The minimum atomic E-state index is 0.343. The van der Waals surface area contributed by atoms with Gasteiger partial charge >= 0.3 is 0 Å². The monoisotopic (exact) mass is 427 g/mol. The largest absolute Gasteiger partial charge is 0.368 e. The Bertz CT molecular complexity index is 1300. The van der Waals surface area contributed by atoms with Crippen molar-refractivity contribution in [2.75, 3.05) is 30.4 Å². The molecule has 0 amide bonds. The molecule has 6 rings (SSSR count). The summed E-state index contributed by atoms with van der Waals surface area (Å²) in [6.07, 6.45) is 2.96. The highest BCUT2D eigenvalue weighted by Gasteiger charge is 2.27. The fourth-order valence-corrected chi connectivity index (χ4v) is 4.55. The summed E-state index contributed by atoms with van der Waals surface area (Å²) in [6, 6.07) is 12.2. The maximum atomic E-state index is 6.27. The van der Waals surface area contributed by atoms with Gasteiger partial charge in [-0.2, -0.15) is 9.50 Å². The Morgan fingerprint density at radius 1 is 1.12 bits per heavy atom. The Morgan fingerprint density at radius 2 is 2.00 bits per heavy atom. The van der Waals surface area contributed by atoms with Crippen LogP contribution in [0.4, 0.5) is 11.8 Å². The lowest BCUT2D eigenvalue weighted by Crippen LogP contribution is -2.41. The number of pyridine rings is 1. The number of nitrogens with zero attached hydrogens (tertiary/aromatic N) is 7. The highest BCUT2D eigenvalue weighted by molar-refractivity contribution is 5.69. The molecule has 0 unspecified atom stereocenters. The molecule has 32 heavy (non-hydrogen) atoms. The van der Waals surface area contributed by atoms with Crippen molar-refractivity contribution in [2.45, 2.75) is 26.4 Å². The molecule has 0 aliphatic carbocycles. The lowest BCUT2D eigenvalue weighted by atomic mass is 10.0. The number of benzene rings is 1. The third-order valence-electron chi connectivity index (χ3n) is 6.21. The van der Waals surface area contributed by atoms with E-state index in [0.29, 0.717) is 18.3 Å². The molecule has 5 heterocycles. The number of nitrogens with one attached hydrogen (secondary N) is 1. The average molecular weight is 428 g/mol. The first-order chi connectivity index (χ1) is 15.7. The molecule has 0 spiro atoms. The minimum absolute atomic E-state index is 0.343. The highest BCUT2D eigenvalue weighted by Crippen LogP contribution is 2.29. The summed E-state index contributed by atoms with van der Waals surface area (Å²) in [5.74, 6) is 1.84. The lowest BCUT2D eigenvalue weighted by Gasteiger charge is -2.30. The van der Waals surface area contributed by atoms with Crippen LogP contribution in [0.25, 0.3) is 17.0 Å². The van der Waals surface area contributed by atoms with E-state index >= 15 is 0 Å². The van der Waals surface area contributed by atoms with Gasteiger partial charge < -0.3 is 5.73 Å². The number of hydrogen-bond donors (Lipinski definition) is 2. The molecule has 0 radical (unpaired) electrons. The predicted molar refractivity (Wildman–Crippen MR) is 123 cm³/mol. The van der Waals surface area contributed by atoms with Gasteiger partial charge in [0.1, 0.15) is 0 Å². The number of aryl methyl sites for hydroxylation is 1. The normalized spacial score (nSPS) is 15.8. The molecule has 3 N–H and O–H groups in total. The van der Waals surface area contributed by atoms with Crippen LogP contribution in [0, 0.1) is 6.92 Å². The molecule has 4 aromatic rings. The molecule has 0 saturated heterocycles. The smallest absolute Gasteiger partial charge is 0.225 e. The average Bonchev–Trinajstić information content (AvgIpc) is 3.43. The van der Waals surface area contributed by atoms with Crippen LogP contribution in [0.5, 0.6) is 0 Å². The summed E-state index contributed by atoms with van der Waals surface area (Å²) < 4.78 is 1.64. The third-order valence-corrected chi connectivity index (χ3v) is 6.21. The Labute approximate surface area is 185 Å². The first-order valence-corrected chi connectivity index (χ1v) is 10.9. The Morgan fingerprint density at radius 3 is 2.88 bits per heavy atom. The van der Waals surface area contributed by atoms with Crippen LogP contribution in [-0.4, -0.2) is 49.1 Å². The number of fused-ring (bicyclic) bond motifs is 4. The third kappa shape index (κ3) is 3.26. The first-order valence-electron chi connectivity index (χ1n) is 10.9. The minimum Gasteiger partial charge on any atom is -0.368 e. The quantitative estimate of drug-likeness (QED) is 0.510. The summed E-state index contributed by atoms with van der Waals surface area (Å²) >= 11 is 0. The van der Waals surface area contributed by atoms with Crippen molar-refractivity contribution in [3.8, 4) is 11.4 Å². The van der Waals surface area contributed by atoms with Crippen molar-refractivity contribution in [3.05, 3.63) is 65.0 Å². The van der Waals surface area contributed by atoms with Gasteiger partial charge in [0.05, 0.1) is 5.56 Å². The molecule has 0 saturated carbocycles. The van der Waals surface area contributed by atoms with Crippen molar-refractivity contribution in [3.63, 3.8) is 0 Å². The molecule has 0 fully saturated rings. The van der Waals surface area contributed by atoms with Crippen LogP contribution in [0.15, 0.2) is 42.6 Å². The molecule has 9 nitrogen and oxygen atoms in total. The van der Waals surface area contributed by atoms with Crippen molar-refractivity contribution in [2.24, 2.45) is 0 Å². The van der Waals surface area contributed by atoms with E-state index in [1.807, 2.05) is 36.5 Å². The summed E-state index contributed by atoms with van der Waals surface area (Å²) in [4.78, 5) is 16.5. The van der Waals surface area contributed by atoms with Gasteiger partial charge in [0.2, 0.25) is 5.95 Å². The molecular formula is C23H25N9. The Kier molecular flexibility index (Phi) is 4.51. The molecule has 162 valence electrons. The number of hydrazine groups is 1. The van der Waals surface area contributed by atoms with Crippen molar-refractivity contribution in [1.82, 2.24) is 34.9 Å². The molecule has 9 heteroatoms. The summed E-state index contributed by atoms with van der Waals surface area (Å²) in [6.45, 7) is 6.44. The van der Waals surface area contributed by atoms with Gasteiger partial charge in [-0.05, 0) is 18.1 Å². The molecule has 2 aliphatic heterocycles. The van der Waals surface area contributed by atoms with Crippen LogP contribution in [0.3, 0.4) is 0 Å². The van der Waals surface area contributed by atoms with Gasteiger partial charge in [0.15, 0.2) is 17.3 Å². The number of anilines is 2. The number of aromatic nitrogens is 5. The second-order valence-electron chi connectivity index (χ2n) is 8.44. The van der Waals surface area contributed by atoms with E-state index in [9.17, 15) is 0 Å². The van der Waals surface area contributed by atoms with Crippen LogP contribution >= 0.6 is 0 Å². The second-order valence-corrected chi connectivity index (χ2v) is 8.44. The lowest BCUT2D eigenvalue weighted by molar-refractivity contribution is 0.255. The molecule has 0 atom stereocenters. The SMILES string of the molecule is Cc1cnc2c(c1)CN(CCN1NCc3c1nc(N)n1nc(-c4ccccc4)nc31)CC2. The van der Waals surface area contributed by atoms with E-state index < -0.39 is 0 Å². The second kappa shape index (κ2) is 7.54. The fraction of sp³-hybridized carbons (Fsp3) is 0.304. The van der Waals surface area contributed by atoms with Crippen LogP contribution in [-0.2, 0) is 19.5 Å². The van der Waals surface area contributed by atoms with Crippen LogP contribution in [0.2, 0.25) is 0 Å². The van der Waals surface area contributed by atoms with Gasteiger partial charge in [-0.1, -0.05) is 36.4 Å². The van der Waals surface area contributed by atoms with Gasteiger partial charge in [-0.15, -0.1) is 5.10 Å². The van der Waals surface area contributed by atoms with Gasteiger partial charge in [0, 0.05) is 56.6 Å². The zero-order valence-corrected chi connectivity index (χ0v) is 18.0. The summed E-state index contributed by atoms with van der Waals surface area (Å²) in [5, 5.41) is 6.68. The maximum absolute atomic E-state index is 6.27. The number of nitrogen functional groups attached to an aromatic ring is 1. The molecule has 1 aromatic carbocycles. The van der Waals surface area contributed by atoms with E-state index in [1.54, 1.807) is 4.52 Å². The molecule has 2 aliphatic rings. The van der Waals surface area contributed by atoms with Gasteiger partial charge in [0.25, 0.3) is 0 Å². The number of hydrogen-bond acceptors (Lipinski definition) is 8. The zero-order chi connectivity index (χ0) is 21.7. The number of rotatable bonds is 4. The zero-order valence-electron chi connectivity index (χ0n) is 18.0. The van der Waals surface area contributed by atoms with E-state index in [-0.39, 0.29) is 0 Å². The summed E-state index contributed by atoms with van der Waals surface area (Å²) in [5.41, 5.74) is 16.3. The maximum Gasteiger partial charge on any atom is 0.225 e. The summed E-state index contributed by atoms with van der Waals surface area (Å²) in [7, 11) is 0. The van der Waals surface area contributed by atoms with Crippen molar-refractivity contribution < 1.29 is 0 Å². The molecule has 3 aromatic heterocycles. The predicted octanol–water partition coefficient (Wildman–Crippen LogP) is 1.96. The Balaban J connectivity index is 1.23. The topological polar surface area (TPSA) is 100 Å². The Hall–Kier alpha value is -3.56. The van der Waals surface area contributed by atoms with Crippen LogP contribution in [0.1, 0.15) is 22.4 Å². The number of nitrogens with two attached hydrogens (primary N) is 1. The van der Waals surface area contributed by atoms with E-state index in [2.05, 4.69) is 43.4 Å². The van der Waals surface area contributed by atoms with E-state index in [4.69, 9.17) is 10.7 Å². The first kappa shape index (κ1) is 19.1. The van der Waals surface area contributed by atoms with Gasteiger partial charge in [-0.25, -0.2) is 10.4 Å². The van der Waals surface area contributed by atoms with Crippen molar-refractivity contribution >= 4 is 17.4 Å². The highest BCUT2D eigenvalue weighted by atomic mass is 15.6. The van der Waals surface area contributed by atoms with Crippen LogP contribution < -0.4 is 16.2 Å². The van der Waals surface area contributed by atoms with Crippen molar-refractivity contribution in [1.29, 1.82) is 0 Å². The fourth-order valence-electron chi connectivity index (χ4n) is 4.55. The standard InChI is InChI=1S/C23H25N9/c1-15-11-17-14-30(8-7-19(17)25-12-15)9-10-31-21-18(13-26-31)22-27-20(16-5-3-2-4-6-16)29-32(22)23(24)28-21/h2-6,11-12,26H,7-10,13-14H2,1H3,(H2,24,28). The van der Waals surface area contributed by atoms with E-state index in [0.717, 1.165) is 55.2 Å². The molecule has 0 bridgehead atoms. The van der Waals surface area contributed by atoms with Gasteiger partial charge in [-0.3, -0.25) is 14.9 Å². The van der Waals surface area contributed by atoms with E-state index in [1.165, 1.54) is 16.8 Å². The molecular weight excluding hydrogens is 402 g/mol.